The lowest BCUT2D eigenvalue weighted by atomic mass is 9.92. The van der Waals surface area contributed by atoms with E-state index in [1.54, 1.807) is 0 Å². The number of carbonyl (C=O) groups is 16. The van der Waals surface area contributed by atoms with Crippen LogP contribution in [0.4, 0.5) is 0 Å². The minimum Gasteiger partial charge on any atom is -0.463 e. The van der Waals surface area contributed by atoms with Crippen molar-refractivity contribution in [1.29, 1.82) is 0 Å². The molecule has 0 aliphatic carbocycles. The van der Waals surface area contributed by atoms with E-state index < -0.39 is 250 Å². The molecule has 0 aromatic carbocycles. The molecule has 4 aromatic heterocycles. The molecular weight excluding hydrogens is 2010 g/mol. The Morgan fingerprint density at radius 3 is 0.570 bits per heavy atom. The summed E-state index contributed by atoms with van der Waals surface area (Å²) in [6.07, 6.45) is -22.6. The summed E-state index contributed by atoms with van der Waals surface area (Å²) in [6.45, 7) is 14.8. The number of rotatable bonds is 64. The Hall–Kier alpha value is -12.6. The fourth-order valence-corrected chi connectivity index (χ4v) is 14.9. The van der Waals surface area contributed by atoms with Gasteiger partial charge in [-0.25, -0.2) is 18.7 Å². The fraction of sp³-hybridized carbons (Fsp3) is 0.730. The largest absolute Gasteiger partial charge is 0.463 e. The third-order valence-electron chi connectivity index (χ3n) is 20.7. The summed E-state index contributed by atoms with van der Waals surface area (Å²) >= 11 is 0. The number of carbonyl (C=O) groups excluding carboxylic acids is 16. The second-order valence-electron chi connectivity index (χ2n) is 33.6. The summed E-state index contributed by atoms with van der Waals surface area (Å²) in [5, 5.41) is 33.4. The first-order valence-electron chi connectivity index (χ1n) is 46.9. The lowest BCUT2D eigenvalue weighted by molar-refractivity contribution is -0.310. The zero-order valence-corrected chi connectivity index (χ0v) is 85.1. The highest BCUT2D eigenvalue weighted by Crippen LogP contribution is 2.36. The molecule has 20 atom stereocenters. The Morgan fingerprint density at radius 1 is 0.228 bits per heavy atom. The lowest BCUT2D eigenvalue weighted by Gasteiger charge is -2.43. The van der Waals surface area contributed by atoms with Gasteiger partial charge in [0, 0.05) is 111 Å². The molecule has 0 N–H and O–H groups in total. The summed E-state index contributed by atoms with van der Waals surface area (Å²) in [6, 6.07) is 0. The maximum Gasteiger partial charge on any atom is 0.303 e. The van der Waals surface area contributed by atoms with Crippen LogP contribution in [0.5, 0.6) is 0 Å². The van der Waals surface area contributed by atoms with Gasteiger partial charge >= 0.3 is 95.5 Å². The van der Waals surface area contributed by atoms with E-state index in [1.807, 2.05) is 0 Å². The van der Waals surface area contributed by atoms with Crippen molar-refractivity contribution < 1.29 is 228 Å². The highest BCUT2D eigenvalue weighted by atomic mass is 16.8. The maximum atomic E-state index is 12.5. The van der Waals surface area contributed by atoms with Crippen molar-refractivity contribution in [2.45, 2.75) is 286 Å². The molecular formula is C89H128N12O48. The molecule has 0 radical (unpaired) electrons. The van der Waals surface area contributed by atoms with Crippen molar-refractivity contribution in [3.8, 4) is 0 Å². The Bertz CT molecular complexity index is 4380. The second-order valence-corrected chi connectivity index (χ2v) is 33.6. The third kappa shape index (κ3) is 43.5. The van der Waals surface area contributed by atoms with Crippen LogP contribution in [0.1, 0.15) is 134 Å². The molecule has 4 fully saturated rings. The molecule has 60 nitrogen and oxygen atoms in total. The number of ether oxygens (including phenoxy) is 32. The van der Waals surface area contributed by atoms with Crippen LogP contribution < -0.4 is 0 Å². The second kappa shape index (κ2) is 62.8. The van der Waals surface area contributed by atoms with E-state index in [1.165, 1.54) is 43.5 Å². The molecule has 0 spiro atoms. The van der Waals surface area contributed by atoms with E-state index in [-0.39, 0.29) is 181 Å². The summed E-state index contributed by atoms with van der Waals surface area (Å²) in [5.41, 5.74) is -0.158. The molecule has 0 bridgehead atoms. The van der Waals surface area contributed by atoms with Crippen molar-refractivity contribution in [2.24, 2.45) is 5.41 Å². The van der Waals surface area contributed by atoms with Crippen molar-refractivity contribution >= 4 is 95.5 Å². The van der Waals surface area contributed by atoms with Gasteiger partial charge in [-0.1, -0.05) is 20.9 Å². The molecule has 0 amide bonds. The summed E-state index contributed by atoms with van der Waals surface area (Å²) < 4.78 is 190. The average molecular weight is 2130 g/mol. The molecule has 4 aliphatic heterocycles. The van der Waals surface area contributed by atoms with Crippen LogP contribution >= 0.6 is 0 Å². The van der Waals surface area contributed by atoms with Gasteiger partial charge in [0.25, 0.3) is 0 Å². The van der Waals surface area contributed by atoms with E-state index in [0.717, 1.165) is 111 Å². The molecule has 4 aliphatic rings. The van der Waals surface area contributed by atoms with E-state index in [2.05, 4.69) is 41.2 Å². The highest BCUT2D eigenvalue weighted by molar-refractivity contribution is 5.72. The van der Waals surface area contributed by atoms with Crippen molar-refractivity contribution in [1.82, 2.24) is 60.0 Å². The minimum atomic E-state index is -1.50. The Labute approximate surface area is 852 Å². The van der Waals surface area contributed by atoms with E-state index in [9.17, 15) is 76.7 Å². The lowest BCUT2D eigenvalue weighted by Crippen LogP contribution is -2.62. The van der Waals surface area contributed by atoms with Crippen LogP contribution in [0.2, 0.25) is 0 Å². The molecule has 0 saturated carbocycles. The molecule has 149 heavy (non-hydrogen) atoms. The number of nitrogens with zero attached hydrogens (tertiary/aromatic N) is 12. The number of esters is 16. The molecule has 0 unspecified atom stereocenters. The van der Waals surface area contributed by atoms with Gasteiger partial charge in [-0.3, -0.25) is 76.7 Å². The van der Waals surface area contributed by atoms with Crippen molar-refractivity contribution in [2.75, 3.05) is 132 Å². The van der Waals surface area contributed by atoms with E-state index in [0.29, 0.717) is 0 Å². The fourth-order valence-electron chi connectivity index (χ4n) is 14.9. The third-order valence-corrected chi connectivity index (χ3v) is 20.7. The van der Waals surface area contributed by atoms with Crippen molar-refractivity contribution in [3.63, 3.8) is 0 Å². The van der Waals surface area contributed by atoms with Crippen LogP contribution in [0.25, 0.3) is 0 Å². The molecule has 832 valence electrons. The molecule has 60 heteroatoms. The molecule has 8 rings (SSSR count). The van der Waals surface area contributed by atoms with E-state index in [4.69, 9.17) is 152 Å². The first-order valence-corrected chi connectivity index (χ1v) is 46.9. The normalized spacial score (nSPS) is 23.6. The van der Waals surface area contributed by atoms with Crippen LogP contribution in [-0.4, -0.2) is 410 Å². The quantitative estimate of drug-likeness (QED) is 0.0254. The summed E-state index contributed by atoms with van der Waals surface area (Å²) in [7, 11) is 0. The molecule has 4 saturated heterocycles. The predicted molar refractivity (Wildman–Crippen MR) is 476 cm³/mol. The SMILES string of the molecule is CC(=O)OC[C@H]1O[C@H](OCc2cn(CCOCCOCC(COCCOCCn3cc(CO[C@H]4O[C@H](COC(C)=O)[C@@H](OC(C)=O)[C@H](OC(C)=O)[C@@H]4OC(C)=O)nn3)(COCCOCCn3cc(CO[C@H]4O[C@H](COC(C)=O)[C@@H](OC(C)=O)[C@H](OC(C)=O)[C@H]4OC(C)=O)nn3)COCCOCCn3cc(CO[C@H]4O[C@H](COC(C)=O)[C@@H](OC(C)=O)[C@H](OC(C)=O)[C@H]4OC(C)=O)nn3)nn2)[C@@H](OC(C)=O)[C@@H](OC(C)=O)[C@@H]1OC(C)=O. The first kappa shape index (κ1) is 122. The molecule has 8 heterocycles. The Balaban J connectivity index is 0.949. The van der Waals surface area contributed by atoms with Gasteiger partial charge < -0.3 is 152 Å². The minimum absolute atomic E-state index is 0.00639. The summed E-state index contributed by atoms with van der Waals surface area (Å²) in [5.74, 6) is -12.8. The average Bonchev–Trinajstić information content (AvgIpc) is 1.79. The van der Waals surface area contributed by atoms with E-state index >= 15 is 0 Å². The van der Waals surface area contributed by atoms with Crippen LogP contribution in [0.3, 0.4) is 0 Å². The van der Waals surface area contributed by atoms with Gasteiger partial charge in [-0.05, 0) is 0 Å². The first-order chi connectivity index (χ1) is 71.0. The number of hydrogen-bond donors (Lipinski definition) is 0. The van der Waals surface area contributed by atoms with Crippen molar-refractivity contribution in [3.05, 3.63) is 47.6 Å². The predicted octanol–water partition coefficient (Wildman–Crippen LogP) is -2.33. The van der Waals surface area contributed by atoms with Gasteiger partial charge in [-0.2, -0.15) is 0 Å². The van der Waals surface area contributed by atoms with Gasteiger partial charge in [0.1, 0.15) is 73.6 Å². The zero-order valence-electron chi connectivity index (χ0n) is 85.1. The number of hydrogen-bond acceptors (Lipinski definition) is 56. The highest BCUT2D eigenvalue weighted by Gasteiger charge is 2.58. The zero-order chi connectivity index (χ0) is 109. The van der Waals surface area contributed by atoms with Gasteiger partial charge in [0.15, 0.2) is 98.4 Å². The van der Waals surface area contributed by atoms with Crippen LogP contribution in [0, 0.1) is 5.41 Å². The smallest absolute Gasteiger partial charge is 0.303 e. The van der Waals surface area contributed by atoms with Crippen LogP contribution in [-0.2, 0) is 281 Å². The Morgan fingerprint density at radius 2 is 0.396 bits per heavy atom. The molecule has 4 aromatic rings. The monoisotopic (exact) mass is 2130 g/mol. The Kier molecular flexibility index (Phi) is 51.3. The maximum absolute atomic E-state index is 12.5. The van der Waals surface area contributed by atoms with Gasteiger partial charge in [-0.15, -0.1) is 20.4 Å². The van der Waals surface area contributed by atoms with Gasteiger partial charge in [0.05, 0.1) is 189 Å². The van der Waals surface area contributed by atoms with Gasteiger partial charge in [0.2, 0.25) is 0 Å². The standard InChI is InChI=1S/C89H128N12O48/c1-49(102)126-41-69-73(134-53(5)106)77(138-57(9)110)81(142-61(13)114)85(146-69)130-37-65-33-98(94-90-65)17-21-118-25-29-122-45-89(46-123-30-26-119-22-18-99-34-66(91-95-99)38-131-86-82(143-62(14)115)78(139-58(10)111)74(135-54(6)107)70(147-86)42-127-50(2)103,47-124-31-27-120-23-19-100-35-67(92-96-100)39-132-87-83(144-63(15)116)79(140-59(11)112)75(136-55(7)108)71(148-87)43-128-51(3)104)48-125-32-28-121-24-20-101-36-68(93-97-101)40-133-88-84(145-64(16)117)80(141-60(12)113)76(137-56(8)109)72(149-88)44-129-52(4)105/h33-36,69-88H,17-32,37-48H2,1-16H3/t69-,70-,71-,72-,73-,74-,75-,76-,77+,78+,79+,80+,81-,82-,83+,84+,85+,86+,87+,88+/m1/s1. The van der Waals surface area contributed by atoms with Crippen LogP contribution in [0.15, 0.2) is 24.8 Å². The number of aromatic nitrogens is 12. The topological polar surface area (TPSA) is 691 Å². The summed E-state index contributed by atoms with van der Waals surface area (Å²) in [4.78, 5) is 196.